The molecule has 4 N–H and O–H groups in total. The molecule has 0 aliphatic rings. The van der Waals surface area contributed by atoms with Gasteiger partial charge in [0.05, 0.1) is 0 Å². The molecule has 0 saturated carbocycles. The number of rotatable bonds is 5. The number of benzene rings is 2. The number of nitrogen functional groups attached to an aromatic ring is 1. The Kier molecular flexibility index (Phi) is 7.33. The van der Waals surface area contributed by atoms with E-state index >= 15 is 0 Å². The molecule has 35 heavy (non-hydrogen) atoms. The van der Waals surface area contributed by atoms with Crippen molar-refractivity contribution in [2.45, 2.75) is 53.2 Å². The topological polar surface area (TPSA) is 145 Å². The SMILES string of the molecule is CC(C)(C)OC(=O)NC(c1ccc(N)cc1)c1nnc(-c2ccc(NC(=O)C(C)(C)C)cc2)nn1. The second kappa shape index (κ2) is 10.0. The monoisotopic (exact) mass is 477 g/mol. The molecular weight excluding hydrogens is 446 g/mol. The molecule has 1 heterocycles. The maximum absolute atomic E-state index is 12.5. The zero-order valence-corrected chi connectivity index (χ0v) is 20.8. The first kappa shape index (κ1) is 25.5. The molecule has 0 aliphatic heterocycles. The number of carbonyl (C=O) groups is 2. The van der Waals surface area contributed by atoms with Crippen LogP contribution in [-0.2, 0) is 9.53 Å². The van der Waals surface area contributed by atoms with Crippen molar-refractivity contribution in [3.05, 3.63) is 59.9 Å². The predicted molar refractivity (Wildman–Crippen MR) is 133 cm³/mol. The maximum atomic E-state index is 12.5. The lowest BCUT2D eigenvalue weighted by Gasteiger charge is -2.23. The average molecular weight is 478 g/mol. The summed E-state index contributed by atoms with van der Waals surface area (Å²) < 4.78 is 5.39. The van der Waals surface area contributed by atoms with Gasteiger partial charge >= 0.3 is 6.09 Å². The summed E-state index contributed by atoms with van der Waals surface area (Å²) in [7, 11) is 0. The fourth-order valence-corrected chi connectivity index (χ4v) is 2.90. The molecular formula is C25H31N7O3. The van der Waals surface area contributed by atoms with E-state index in [-0.39, 0.29) is 11.7 Å². The van der Waals surface area contributed by atoms with Gasteiger partial charge in [-0.05, 0) is 62.7 Å². The highest BCUT2D eigenvalue weighted by Crippen LogP contribution is 2.23. The van der Waals surface area contributed by atoms with Crippen molar-refractivity contribution in [3.8, 4) is 11.4 Å². The molecule has 3 aromatic rings. The highest BCUT2D eigenvalue weighted by atomic mass is 16.6. The van der Waals surface area contributed by atoms with Crippen LogP contribution in [0.4, 0.5) is 16.2 Å². The summed E-state index contributed by atoms with van der Waals surface area (Å²) in [6.07, 6.45) is -0.625. The summed E-state index contributed by atoms with van der Waals surface area (Å²) in [6.45, 7) is 10.9. The summed E-state index contributed by atoms with van der Waals surface area (Å²) in [5, 5.41) is 22.5. The van der Waals surface area contributed by atoms with Crippen LogP contribution in [-0.4, -0.2) is 38.0 Å². The van der Waals surface area contributed by atoms with Crippen LogP contribution >= 0.6 is 0 Å². The molecule has 0 bridgehead atoms. The van der Waals surface area contributed by atoms with Gasteiger partial charge in [-0.2, -0.15) is 0 Å². The number of hydrogen-bond donors (Lipinski definition) is 3. The van der Waals surface area contributed by atoms with Crippen LogP contribution in [0.1, 0.15) is 59.0 Å². The van der Waals surface area contributed by atoms with Crippen molar-refractivity contribution in [2.24, 2.45) is 5.41 Å². The fraction of sp³-hybridized carbons (Fsp3) is 0.360. The molecule has 1 aromatic heterocycles. The maximum Gasteiger partial charge on any atom is 0.408 e. The zero-order valence-electron chi connectivity index (χ0n) is 20.8. The molecule has 0 aliphatic carbocycles. The summed E-state index contributed by atoms with van der Waals surface area (Å²) in [4.78, 5) is 24.6. The van der Waals surface area contributed by atoms with Crippen LogP contribution in [0.3, 0.4) is 0 Å². The largest absolute Gasteiger partial charge is 0.444 e. The Hall–Kier alpha value is -4.08. The van der Waals surface area contributed by atoms with Crippen LogP contribution in [0.5, 0.6) is 0 Å². The van der Waals surface area contributed by atoms with Crippen molar-refractivity contribution >= 4 is 23.4 Å². The second-order valence-electron chi connectivity index (χ2n) is 10.1. The molecule has 2 amide bonds. The number of nitrogens with one attached hydrogen (secondary N) is 2. The van der Waals surface area contributed by atoms with E-state index in [0.29, 0.717) is 28.3 Å². The first-order valence-corrected chi connectivity index (χ1v) is 11.2. The Morgan fingerprint density at radius 3 is 1.94 bits per heavy atom. The third kappa shape index (κ3) is 7.20. The predicted octanol–water partition coefficient (Wildman–Crippen LogP) is 4.11. The molecule has 1 unspecified atom stereocenters. The van der Waals surface area contributed by atoms with Crippen molar-refractivity contribution in [1.82, 2.24) is 25.7 Å². The molecule has 10 nitrogen and oxygen atoms in total. The average Bonchev–Trinajstić information content (AvgIpc) is 2.77. The van der Waals surface area contributed by atoms with Gasteiger partial charge in [-0.15, -0.1) is 20.4 Å². The molecule has 0 spiro atoms. The standard InChI is InChI=1S/C25H31N7O3/c1-24(2,3)22(33)27-18-13-9-16(10-14-18)20-29-31-21(32-30-20)19(15-7-11-17(26)12-8-15)28-23(34)35-25(4,5)6/h7-14,19H,26H2,1-6H3,(H,27,33)(H,28,34). The fourth-order valence-electron chi connectivity index (χ4n) is 2.90. The van der Waals surface area contributed by atoms with Gasteiger partial charge in [0, 0.05) is 22.4 Å². The van der Waals surface area contributed by atoms with Crippen LogP contribution in [0, 0.1) is 5.41 Å². The van der Waals surface area contributed by atoms with Gasteiger partial charge < -0.3 is 21.1 Å². The van der Waals surface area contributed by atoms with Gasteiger partial charge in [-0.1, -0.05) is 32.9 Å². The van der Waals surface area contributed by atoms with Crippen LogP contribution in [0.2, 0.25) is 0 Å². The molecule has 3 rings (SSSR count). The molecule has 184 valence electrons. The minimum atomic E-state index is -0.741. The molecule has 2 aromatic carbocycles. The molecule has 0 saturated heterocycles. The Bertz CT molecular complexity index is 1160. The number of hydrogen-bond acceptors (Lipinski definition) is 8. The van der Waals surface area contributed by atoms with Gasteiger partial charge in [-0.25, -0.2) is 4.79 Å². The minimum absolute atomic E-state index is 0.0830. The Labute approximate surface area is 204 Å². The third-order valence-electron chi connectivity index (χ3n) is 4.77. The van der Waals surface area contributed by atoms with Gasteiger partial charge in [0.2, 0.25) is 11.7 Å². The zero-order chi connectivity index (χ0) is 25.8. The van der Waals surface area contributed by atoms with Crippen LogP contribution in [0.15, 0.2) is 48.5 Å². The van der Waals surface area contributed by atoms with Gasteiger partial charge in [-0.3, -0.25) is 4.79 Å². The van der Waals surface area contributed by atoms with Crippen LogP contribution < -0.4 is 16.4 Å². The number of amides is 2. The van der Waals surface area contributed by atoms with Crippen molar-refractivity contribution in [2.75, 3.05) is 11.1 Å². The number of ether oxygens (including phenoxy) is 1. The van der Waals surface area contributed by atoms with Crippen molar-refractivity contribution in [1.29, 1.82) is 0 Å². The first-order valence-electron chi connectivity index (χ1n) is 11.2. The van der Waals surface area contributed by atoms with E-state index in [9.17, 15) is 9.59 Å². The lowest BCUT2D eigenvalue weighted by atomic mass is 9.95. The van der Waals surface area contributed by atoms with Crippen molar-refractivity contribution in [3.63, 3.8) is 0 Å². The number of nitrogens with zero attached hydrogens (tertiary/aromatic N) is 4. The van der Waals surface area contributed by atoms with E-state index in [0.717, 1.165) is 0 Å². The van der Waals surface area contributed by atoms with Crippen LogP contribution in [0.25, 0.3) is 11.4 Å². The lowest BCUT2D eigenvalue weighted by molar-refractivity contribution is -0.123. The highest BCUT2D eigenvalue weighted by Gasteiger charge is 2.25. The highest BCUT2D eigenvalue weighted by molar-refractivity contribution is 5.94. The molecule has 1 atom stereocenters. The van der Waals surface area contributed by atoms with Gasteiger partial charge in [0.25, 0.3) is 0 Å². The van der Waals surface area contributed by atoms with E-state index in [2.05, 4.69) is 31.0 Å². The van der Waals surface area contributed by atoms with E-state index in [4.69, 9.17) is 10.5 Å². The second-order valence-corrected chi connectivity index (χ2v) is 10.1. The number of anilines is 2. The number of aromatic nitrogens is 4. The number of carbonyl (C=O) groups excluding carboxylic acids is 2. The van der Waals surface area contributed by atoms with Crippen molar-refractivity contribution < 1.29 is 14.3 Å². The van der Waals surface area contributed by atoms with E-state index in [1.54, 1.807) is 69.3 Å². The lowest BCUT2D eigenvalue weighted by Crippen LogP contribution is -2.36. The summed E-state index contributed by atoms with van der Waals surface area (Å²) in [5.74, 6) is 0.412. The molecule has 10 heteroatoms. The third-order valence-corrected chi connectivity index (χ3v) is 4.77. The molecule has 0 radical (unpaired) electrons. The Morgan fingerprint density at radius 1 is 0.857 bits per heavy atom. The van der Waals surface area contributed by atoms with E-state index in [1.165, 1.54) is 0 Å². The minimum Gasteiger partial charge on any atom is -0.444 e. The summed E-state index contributed by atoms with van der Waals surface area (Å²) in [6, 6.07) is 13.3. The van der Waals surface area contributed by atoms with Gasteiger partial charge in [0.1, 0.15) is 11.6 Å². The summed E-state index contributed by atoms with van der Waals surface area (Å²) in [5.41, 5.74) is 7.25. The Balaban J connectivity index is 1.82. The van der Waals surface area contributed by atoms with E-state index in [1.807, 2.05) is 20.8 Å². The summed E-state index contributed by atoms with van der Waals surface area (Å²) >= 11 is 0. The first-order chi connectivity index (χ1) is 16.3. The van der Waals surface area contributed by atoms with Gasteiger partial charge in [0.15, 0.2) is 5.82 Å². The number of nitrogens with two attached hydrogens (primary N) is 1. The quantitative estimate of drug-likeness (QED) is 0.465. The number of alkyl carbamates (subject to hydrolysis) is 1. The Morgan fingerprint density at radius 2 is 1.43 bits per heavy atom. The normalized spacial score (nSPS) is 12.5. The molecule has 0 fully saturated rings. The smallest absolute Gasteiger partial charge is 0.408 e. The van der Waals surface area contributed by atoms with E-state index < -0.39 is 23.2 Å².